The van der Waals surface area contributed by atoms with Gasteiger partial charge in [0.05, 0.1) is 6.42 Å². The van der Waals surface area contributed by atoms with Crippen LogP contribution in [0.1, 0.15) is 20.3 Å². The molecule has 0 saturated carbocycles. The first-order valence-corrected chi connectivity index (χ1v) is 6.24. The van der Waals surface area contributed by atoms with Crippen molar-refractivity contribution in [1.29, 1.82) is 0 Å². The van der Waals surface area contributed by atoms with Crippen molar-refractivity contribution in [3.8, 4) is 0 Å². The van der Waals surface area contributed by atoms with Crippen LogP contribution >= 0.6 is 0 Å². The molecule has 0 amide bonds. The molecule has 0 aromatic rings. The second-order valence-electron chi connectivity index (χ2n) is 4.06. The van der Waals surface area contributed by atoms with Gasteiger partial charge < -0.3 is 5.11 Å². The van der Waals surface area contributed by atoms with Crippen molar-refractivity contribution in [2.45, 2.75) is 26.3 Å². The van der Waals surface area contributed by atoms with Gasteiger partial charge in [-0.3, -0.25) is 4.79 Å². The number of nitrogens with one attached hydrogen (secondary N) is 1. The summed E-state index contributed by atoms with van der Waals surface area (Å²) >= 11 is 0. The zero-order valence-corrected chi connectivity index (χ0v) is 9.62. The van der Waals surface area contributed by atoms with Crippen molar-refractivity contribution in [3.05, 3.63) is 0 Å². The molecule has 0 radical (unpaired) electrons. The molecule has 6 nitrogen and oxygen atoms in total. The summed E-state index contributed by atoms with van der Waals surface area (Å²) in [5.41, 5.74) is 0. The lowest BCUT2D eigenvalue weighted by molar-refractivity contribution is -0.139. The van der Waals surface area contributed by atoms with Crippen LogP contribution in [0.4, 0.5) is 0 Å². The summed E-state index contributed by atoms with van der Waals surface area (Å²) in [5, 5.41) is 8.50. The monoisotopic (exact) mass is 236 g/mol. The van der Waals surface area contributed by atoms with Crippen LogP contribution in [-0.2, 0) is 15.0 Å². The maximum atomic E-state index is 11.5. The van der Waals surface area contributed by atoms with E-state index in [0.29, 0.717) is 13.1 Å². The van der Waals surface area contributed by atoms with E-state index in [1.54, 1.807) is 13.8 Å². The maximum absolute atomic E-state index is 11.5. The molecule has 0 atom stereocenters. The van der Waals surface area contributed by atoms with Crippen molar-refractivity contribution >= 4 is 16.2 Å². The summed E-state index contributed by atoms with van der Waals surface area (Å²) < 4.78 is 26.8. The van der Waals surface area contributed by atoms with Crippen LogP contribution in [0, 0.1) is 5.92 Å². The van der Waals surface area contributed by atoms with Gasteiger partial charge in [0.25, 0.3) is 10.2 Å². The fraction of sp³-hybridized carbons (Fsp3) is 0.875. The largest absolute Gasteiger partial charge is 0.481 e. The van der Waals surface area contributed by atoms with Gasteiger partial charge in [-0.1, -0.05) is 0 Å². The van der Waals surface area contributed by atoms with Gasteiger partial charge in [0.1, 0.15) is 0 Å². The van der Waals surface area contributed by atoms with Crippen LogP contribution in [0.5, 0.6) is 0 Å². The second kappa shape index (κ2) is 4.46. The van der Waals surface area contributed by atoms with Crippen molar-refractivity contribution in [2.24, 2.45) is 5.92 Å². The molecule has 0 aliphatic carbocycles. The van der Waals surface area contributed by atoms with E-state index in [2.05, 4.69) is 4.72 Å². The smallest absolute Gasteiger partial charge is 0.303 e. The van der Waals surface area contributed by atoms with Gasteiger partial charge in [0.15, 0.2) is 0 Å². The van der Waals surface area contributed by atoms with E-state index in [-0.39, 0.29) is 18.4 Å². The number of aliphatic carboxylic acids is 1. The predicted octanol–water partition coefficient (Wildman–Crippen LogP) is -0.364. The lowest BCUT2D eigenvalue weighted by Crippen LogP contribution is -2.55. The number of rotatable bonds is 5. The van der Waals surface area contributed by atoms with Crippen LogP contribution in [0.3, 0.4) is 0 Å². The minimum Gasteiger partial charge on any atom is -0.481 e. The number of hydrogen-bond donors (Lipinski definition) is 2. The Balaban J connectivity index is 2.41. The Hall–Kier alpha value is -0.660. The average Bonchev–Trinajstić information content (AvgIpc) is 1.91. The third-order valence-corrected chi connectivity index (χ3v) is 3.86. The molecule has 0 unspecified atom stereocenters. The van der Waals surface area contributed by atoms with Gasteiger partial charge >= 0.3 is 5.97 Å². The lowest BCUT2D eigenvalue weighted by atomic mass is 10.00. The van der Waals surface area contributed by atoms with Crippen LogP contribution in [-0.4, -0.2) is 42.9 Å². The van der Waals surface area contributed by atoms with Gasteiger partial charge in [-0.2, -0.15) is 17.4 Å². The van der Waals surface area contributed by atoms with Gasteiger partial charge in [-0.05, 0) is 19.8 Å². The maximum Gasteiger partial charge on any atom is 0.303 e. The molecule has 0 aromatic heterocycles. The Bertz CT molecular complexity index is 333. The fourth-order valence-corrected chi connectivity index (χ4v) is 3.03. The van der Waals surface area contributed by atoms with Gasteiger partial charge in [0.2, 0.25) is 0 Å². The Morgan fingerprint density at radius 3 is 2.47 bits per heavy atom. The van der Waals surface area contributed by atoms with E-state index in [1.165, 1.54) is 4.31 Å². The predicted molar refractivity (Wildman–Crippen MR) is 54.5 cm³/mol. The van der Waals surface area contributed by atoms with Gasteiger partial charge in [0, 0.05) is 19.1 Å². The number of carboxylic acid groups (broad SMARTS) is 1. The highest BCUT2D eigenvalue weighted by atomic mass is 32.2. The van der Waals surface area contributed by atoms with Crippen molar-refractivity contribution in [3.63, 3.8) is 0 Å². The molecule has 1 rings (SSSR count). The average molecular weight is 236 g/mol. The summed E-state index contributed by atoms with van der Waals surface area (Å²) in [4.78, 5) is 10.4. The van der Waals surface area contributed by atoms with E-state index in [9.17, 15) is 13.2 Å². The fourth-order valence-electron chi connectivity index (χ4n) is 1.47. The van der Waals surface area contributed by atoms with E-state index < -0.39 is 16.2 Å². The second-order valence-corrected chi connectivity index (χ2v) is 5.76. The van der Waals surface area contributed by atoms with Gasteiger partial charge in [-0.25, -0.2) is 0 Å². The molecule has 1 fully saturated rings. The molecule has 1 aliphatic heterocycles. The third-order valence-electron chi connectivity index (χ3n) is 2.11. The molecule has 7 heteroatoms. The Morgan fingerprint density at radius 1 is 1.53 bits per heavy atom. The summed E-state index contributed by atoms with van der Waals surface area (Å²) in [6.07, 6.45) is 0.0354. The Morgan fingerprint density at radius 2 is 2.07 bits per heavy atom. The first-order valence-electron chi connectivity index (χ1n) is 4.80. The number of hydrogen-bond acceptors (Lipinski definition) is 3. The topological polar surface area (TPSA) is 86.7 Å². The van der Waals surface area contributed by atoms with Crippen molar-refractivity contribution in [1.82, 2.24) is 9.03 Å². The first-order chi connectivity index (χ1) is 6.81. The summed E-state index contributed by atoms with van der Waals surface area (Å²) in [7, 11) is -3.40. The van der Waals surface area contributed by atoms with E-state index in [1.807, 2.05) is 0 Å². The Kier molecular flexibility index (Phi) is 3.69. The number of carbonyl (C=O) groups is 1. The number of carboxylic acids is 1. The van der Waals surface area contributed by atoms with Crippen molar-refractivity contribution < 1.29 is 18.3 Å². The molecule has 0 spiro atoms. The van der Waals surface area contributed by atoms with Crippen LogP contribution < -0.4 is 4.72 Å². The molecule has 1 aliphatic rings. The number of nitrogens with zero attached hydrogens (tertiary/aromatic N) is 1. The molecule has 88 valence electrons. The highest BCUT2D eigenvalue weighted by Gasteiger charge is 2.36. The van der Waals surface area contributed by atoms with Crippen LogP contribution in [0.25, 0.3) is 0 Å². The Labute approximate surface area is 89.4 Å². The molecule has 0 bridgehead atoms. The molecule has 1 saturated heterocycles. The molecule has 15 heavy (non-hydrogen) atoms. The highest BCUT2D eigenvalue weighted by molar-refractivity contribution is 7.87. The minimum atomic E-state index is -3.40. The lowest BCUT2D eigenvalue weighted by Gasteiger charge is -2.37. The normalized spacial score (nSPS) is 19.1. The molecule has 0 aromatic carbocycles. The van der Waals surface area contributed by atoms with E-state index >= 15 is 0 Å². The summed E-state index contributed by atoms with van der Waals surface area (Å²) in [6, 6.07) is -0.145. The van der Waals surface area contributed by atoms with Gasteiger partial charge in [-0.15, -0.1) is 0 Å². The van der Waals surface area contributed by atoms with Crippen molar-refractivity contribution in [2.75, 3.05) is 13.1 Å². The minimum absolute atomic E-state index is 0.0354. The summed E-state index contributed by atoms with van der Waals surface area (Å²) in [6.45, 7) is 4.08. The zero-order valence-electron chi connectivity index (χ0n) is 8.80. The van der Waals surface area contributed by atoms with E-state index in [4.69, 9.17) is 5.11 Å². The molecular weight excluding hydrogens is 220 g/mol. The van der Waals surface area contributed by atoms with Crippen LogP contribution in [0.15, 0.2) is 0 Å². The molecule has 2 N–H and O–H groups in total. The quantitative estimate of drug-likeness (QED) is 0.682. The first kappa shape index (κ1) is 12.4. The third kappa shape index (κ3) is 3.44. The molecule has 1 heterocycles. The molecular formula is C8H16N2O4S. The summed E-state index contributed by atoms with van der Waals surface area (Å²) in [5.74, 6) is -0.930. The van der Waals surface area contributed by atoms with E-state index in [0.717, 1.165) is 0 Å². The zero-order chi connectivity index (χ0) is 11.6. The highest BCUT2D eigenvalue weighted by Crippen LogP contribution is 2.21. The SMILES string of the molecule is CC(C)NS(=O)(=O)N1CC(CC(=O)O)C1. The van der Waals surface area contributed by atoms with Crippen LogP contribution in [0.2, 0.25) is 0 Å². The standard InChI is InChI=1S/C8H16N2O4S/c1-6(2)9-15(13,14)10-4-7(5-10)3-8(11)12/h6-7,9H,3-5H2,1-2H3,(H,11,12).